The van der Waals surface area contributed by atoms with Crippen molar-refractivity contribution in [3.05, 3.63) is 0 Å². The molecule has 0 bridgehead atoms. The Balaban J connectivity index is 3.05. The Hall–Kier alpha value is -0.160. The summed E-state index contributed by atoms with van der Waals surface area (Å²) in [5, 5.41) is 7.29. The number of nitrogens with one attached hydrogen (secondary N) is 2. The van der Waals surface area contributed by atoms with Gasteiger partial charge in [-0.2, -0.15) is 0 Å². The molecule has 0 heterocycles. The predicted octanol–water partition coefficient (Wildman–Crippen LogP) is 17.4. The van der Waals surface area contributed by atoms with Gasteiger partial charge in [-0.25, -0.2) is 0 Å². The summed E-state index contributed by atoms with van der Waals surface area (Å²) in [7, 11) is 0. The number of unbranched alkanes of at least 4 members (excludes halogenated alkanes) is 40. The van der Waals surface area contributed by atoms with Crippen LogP contribution in [0.5, 0.6) is 0 Å². The van der Waals surface area contributed by atoms with E-state index in [-0.39, 0.29) is 0 Å². The normalized spacial score (nSPS) is 11.7. The summed E-state index contributed by atoms with van der Waals surface area (Å²) in [4.78, 5) is 0. The first-order chi connectivity index (χ1) is 28.9. The molecule has 0 aromatic rings. The largest absolute Gasteiger partial charge is 0.381 e. The maximum atomic E-state index is 5.89. The van der Waals surface area contributed by atoms with Gasteiger partial charge in [-0.3, -0.25) is 0 Å². The molecule has 0 aliphatic rings. The smallest absolute Gasteiger partial charge is 0.0466 e. The van der Waals surface area contributed by atoms with E-state index in [4.69, 9.17) is 9.47 Å². The van der Waals surface area contributed by atoms with Crippen molar-refractivity contribution >= 4 is 0 Å². The van der Waals surface area contributed by atoms with Gasteiger partial charge in [0.15, 0.2) is 0 Å². The Morgan fingerprint density at radius 3 is 0.569 bits per heavy atom. The van der Waals surface area contributed by atoms with E-state index in [1.165, 1.54) is 296 Å². The topological polar surface area (TPSA) is 42.5 Å². The summed E-state index contributed by atoms with van der Waals surface area (Å²) in [6.07, 6.45) is 61.8. The van der Waals surface area contributed by atoms with Crippen molar-refractivity contribution in [3.63, 3.8) is 0 Å². The fourth-order valence-corrected chi connectivity index (χ4v) is 8.46. The minimum absolute atomic E-state index is 0.987. The molecule has 0 aliphatic carbocycles. The predicted molar refractivity (Wildman–Crippen MR) is 262 cm³/mol. The first-order valence-electron chi connectivity index (χ1n) is 27.5. The summed E-state index contributed by atoms with van der Waals surface area (Å²) in [5.74, 6) is 0. The van der Waals surface area contributed by atoms with Crippen LogP contribution in [-0.4, -0.2) is 52.6 Å². The molecule has 0 rings (SSSR count). The molecule has 0 atom stereocenters. The molecular weight excluding hydrogens is 709 g/mol. The molecule has 0 aromatic heterocycles. The van der Waals surface area contributed by atoms with Crippen LogP contribution >= 0.6 is 0 Å². The zero-order valence-electron chi connectivity index (χ0n) is 40.6. The molecule has 0 radical (unpaired) electrons. The van der Waals surface area contributed by atoms with Gasteiger partial charge < -0.3 is 20.1 Å². The zero-order valence-corrected chi connectivity index (χ0v) is 40.6. The molecule has 58 heavy (non-hydrogen) atoms. The number of rotatable bonds is 55. The molecular formula is C54H112N2O2. The lowest BCUT2D eigenvalue weighted by Gasteiger charge is -2.07. The van der Waals surface area contributed by atoms with Crippen LogP contribution in [0.4, 0.5) is 0 Å². The van der Waals surface area contributed by atoms with E-state index in [1.54, 1.807) is 0 Å². The summed E-state index contributed by atoms with van der Waals surface area (Å²) in [6.45, 7) is 13.2. The fraction of sp³-hybridized carbons (Fsp3) is 1.00. The highest BCUT2D eigenvalue weighted by Crippen LogP contribution is 2.15. The second-order valence-corrected chi connectivity index (χ2v) is 18.6. The molecule has 2 N–H and O–H groups in total. The lowest BCUT2D eigenvalue weighted by molar-refractivity contribution is 0.125. The standard InChI is InChI=1S/C54H112N2O2/c1-3-5-7-9-11-13-19-25-31-37-43-51-57-53-45-39-33-27-21-15-17-23-29-35-41-47-55-49-50-56-48-42-36-30-24-18-16-22-28-34-40-46-54-58-52-44-38-32-26-20-14-12-10-8-6-4-2/h55-56H,3-54H2,1-2H3. The molecule has 0 amide bonds. The molecule has 0 aliphatic heterocycles. The van der Waals surface area contributed by atoms with Gasteiger partial charge in [0.2, 0.25) is 0 Å². The van der Waals surface area contributed by atoms with E-state index in [9.17, 15) is 0 Å². The highest BCUT2D eigenvalue weighted by Gasteiger charge is 1.99. The average Bonchev–Trinajstić information content (AvgIpc) is 3.23. The Labute approximate surface area is 367 Å². The molecule has 0 aromatic carbocycles. The Morgan fingerprint density at radius 2 is 0.362 bits per heavy atom. The summed E-state index contributed by atoms with van der Waals surface area (Å²) in [6, 6.07) is 0. The third-order valence-corrected chi connectivity index (χ3v) is 12.5. The van der Waals surface area contributed by atoms with E-state index in [1.807, 2.05) is 0 Å². The van der Waals surface area contributed by atoms with E-state index in [2.05, 4.69) is 24.5 Å². The van der Waals surface area contributed by atoms with E-state index in [0.29, 0.717) is 0 Å². The van der Waals surface area contributed by atoms with Crippen LogP contribution < -0.4 is 10.6 Å². The minimum Gasteiger partial charge on any atom is -0.381 e. The van der Waals surface area contributed by atoms with Crippen molar-refractivity contribution < 1.29 is 9.47 Å². The first kappa shape index (κ1) is 57.8. The molecule has 0 spiro atoms. The molecule has 0 fully saturated rings. The molecule has 4 heteroatoms. The molecule has 0 saturated heterocycles. The second-order valence-electron chi connectivity index (χ2n) is 18.6. The van der Waals surface area contributed by atoms with Crippen LogP contribution in [0, 0.1) is 0 Å². The van der Waals surface area contributed by atoms with Gasteiger partial charge in [0.25, 0.3) is 0 Å². The summed E-state index contributed by atoms with van der Waals surface area (Å²) < 4.78 is 11.8. The first-order valence-corrected chi connectivity index (χ1v) is 27.5. The van der Waals surface area contributed by atoms with Crippen molar-refractivity contribution in [2.75, 3.05) is 52.6 Å². The van der Waals surface area contributed by atoms with Crippen molar-refractivity contribution in [3.8, 4) is 0 Å². The van der Waals surface area contributed by atoms with Gasteiger partial charge in [0, 0.05) is 39.5 Å². The zero-order chi connectivity index (χ0) is 41.6. The van der Waals surface area contributed by atoms with Crippen LogP contribution in [0.2, 0.25) is 0 Å². The number of hydrogen-bond acceptors (Lipinski definition) is 4. The highest BCUT2D eigenvalue weighted by atomic mass is 16.5. The molecule has 350 valence electrons. The Kier molecular flexibility index (Phi) is 56.7. The maximum absolute atomic E-state index is 5.89. The van der Waals surface area contributed by atoms with Gasteiger partial charge in [-0.1, -0.05) is 258 Å². The average molecular weight is 822 g/mol. The van der Waals surface area contributed by atoms with Crippen molar-refractivity contribution in [2.24, 2.45) is 0 Å². The van der Waals surface area contributed by atoms with E-state index < -0.39 is 0 Å². The Bertz CT molecular complexity index is 619. The van der Waals surface area contributed by atoms with E-state index >= 15 is 0 Å². The second kappa shape index (κ2) is 56.8. The number of hydrogen-bond donors (Lipinski definition) is 2. The van der Waals surface area contributed by atoms with Crippen molar-refractivity contribution in [2.45, 2.75) is 296 Å². The lowest BCUT2D eigenvalue weighted by Crippen LogP contribution is -2.28. The summed E-state index contributed by atoms with van der Waals surface area (Å²) in [5.41, 5.74) is 0. The van der Waals surface area contributed by atoms with Crippen LogP contribution in [0.25, 0.3) is 0 Å². The van der Waals surface area contributed by atoms with Crippen LogP contribution in [0.15, 0.2) is 0 Å². The highest BCUT2D eigenvalue weighted by molar-refractivity contribution is 4.56. The fourth-order valence-electron chi connectivity index (χ4n) is 8.46. The molecule has 0 saturated carbocycles. The monoisotopic (exact) mass is 821 g/mol. The molecule has 4 nitrogen and oxygen atoms in total. The lowest BCUT2D eigenvalue weighted by atomic mass is 10.1. The minimum atomic E-state index is 0.987. The Morgan fingerprint density at radius 1 is 0.190 bits per heavy atom. The van der Waals surface area contributed by atoms with Crippen LogP contribution in [0.1, 0.15) is 296 Å². The van der Waals surface area contributed by atoms with Crippen LogP contribution in [0.3, 0.4) is 0 Å². The quantitative estimate of drug-likeness (QED) is 0.0600. The maximum Gasteiger partial charge on any atom is 0.0466 e. The van der Waals surface area contributed by atoms with E-state index in [0.717, 1.165) is 39.5 Å². The van der Waals surface area contributed by atoms with Crippen molar-refractivity contribution in [1.82, 2.24) is 10.6 Å². The van der Waals surface area contributed by atoms with Crippen molar-refractivity contribution in [1.29, 1.82) is 0 Å². The van der Waals surface area contributed by atoms with Gasteiger partial charge in [0.1, 0.15) is 0 Å². The third kappa shape index (κ3) is 55.8. The molecule has 0 unspecified atom stereocenters. The van der Waals surface area contributed by atoms with Gasteiger partial charge in [-0.05, 0) is 51.6 Å². The van der Waals surface area contributed by atoms with Gasteiger partial charge in [0.05, 0.1) is 0 Å². The van der Waals surface area contributed by atoms with Gasteiger partial charge >= 0.3 is 0 Å². The SMILES string of the molecule is CCCCCCCCCCCCCOCCCCCCCCCCCCCNCCNCCCCCCCCCCCCCOCCCCCCCCCCCCC. The van der Waals surface area contributed by atoms with Crippen LogP contribution in [-0.2, 0) is 9.47 Å². The third-order valence-electron chi connectivity index (χ3n) is 12.5. The number of ether oxygens (including phenoxy) is 2. The van der Waals surface area contributed by atoms with Gasteiger partial charge in [-0.15, -0.1) is 0 Å². The summed E-state index contributed by atoms with van der Waals surface area (Å²) >= 11 is 0.